The standard InChI is InChI=1S/C30H34ClF4N7O2/c1-40-15-23-25(38-26(17-3-4-17)30(34,35)16-44-23)20-12-19(5-6-22(20)40)37-27-21(31)13-36-28(39-27)42-10-7-29(32,33)18(14-42)11-24(43)41-8-2-9-41/h5-6,12-13,17-18,26,38H,2-4,7-11,14-16H2,1H3,(H,36,37,39)/t18?,26-/m0/s1. The fourth-order valence-electron chi connectivity index (χ4n) is 6.39. The van der Waals surface area contributed by atoms with E-state index in [9.17, 15) is 22.4 Å². The van der Waals surface area contributed by atoms with Crippen molar-refractivity contribution in [1.82, 2.24) is 20.2 Å². The molecule has 3 fully saturated rings. The predicted octanol–water partition coefficient (Wildman–Crippen LogP) is 5.11. The Labute approximate surface area is 257 Å². The Morgan fingerprint density at radius 2 is 1.98 bits per heavy atom. The van der Waals surface area contributed by atoms with E-state index in [0.29, 0.717) is 42.3 Å². The van der Waals surface area contributed by atoms with Gasteiger partial charge in [-0.05, 0) is 43.4 Å². The normalized spacial score (nSPS) is 25.6. The van der Waals surface area contributed by atoms with Gasteiger partial charge in [0.05, 0.1) is 24.5 Å². The summed E-state index contributed by atoms with van der Waals surface area (Å²) in [6, 6.07) is 4.55. The summed E-state index contributed by atoms with van der Waals surface area (Å²) in [6.07, 6.45) is 3.18. The van der Waals surface area contributed by atoms with Crippen LogP contribution in [0.3, 0.4) is 0 Å². The number of halogens is 5. The molecular formula is C30H34ClF4N7O2. The van der Waals surface area contributed by atoms with Crippen LogP contribution in [0.4, 0.5) is 40.7 Å². The Balaban J connectivity index is 1.13. The van der Waals surface area contributed by atoms with Crippen LogP contribution in [0.25, 0.3) is 5.70 Å². The maximum absolute atomic E-state index is 15.0. The number of likely N-dealkylation sites (N-methyl/N-ethyl adjacent to an activating group) is 1. The van der Waals surface area contributed by atoms with Crippen molar-refractivity contribution < 1.29 is 27.1 Å². The first kappa shape index (κ1) is 29.2. The third-order valence-corrected chi connectivity index (χ3v) is 9.56. The lowest BCUT2D eigenvalue weighted by Crippen LogP contribution is -2.51. The van der Waals surface area contributed by atoms with Gasteiger partial charge < -0.3 is 30.1 Å². The predicted molar refractivity (Wildman–Crippen MR) is 159 cm³/mol. The minimum atomic E-state index is -3.00. The van der Waals surface area contributed by atoms with Gasteiger partial charge in [0.15, 0.2) is 12.4 Å². The molecule has 0 radical (unpaired) electrons. The molecule has 0 bridgehead atoms. The highest BCUT2D eigenvalue weighted by molar-refractivity contribution is 6.32. The molecule has 2 atom stereocenters. The van der Waals surface area contributed by atoms with Crippen LogP contribution >= 0.6 is 11.6 Å². The van der Waals surface area contributed by atoms with Gasteiger partial charge >= 0.3 is 5.92 Å². The summed E-state index contributed by atoms with van der Waals surface area (Å²) >= 11 is 6.47. The van der Waals surface area contributed by atoms with Crippen LogP contribution in [0.15, 0.2) is 30.2 Å². The van der Waals surface area contributed by atoms with E-state index in [-0.39, 0.29) is 48.1 Å². The highest BCUT2D eigenvalue weighted by atomic mass is 35.5. The number of rotatable bonds is 6. The minimum Gasteiger partial charge on any atom is -0.487 e. The maximum atomic E-state index is 15.0. The topological polar surface area (TPSA) is 85.9 Å². The van der Waals surface area contributed by atoms with Gasteiger partial charge in [-0.2, -0.15) is 4.98 Å². The molecule has 44 heavy (non-hydrogen) atoms. The van der Waals surface area contributed by atoms with Crippen LogP contribution in [0.5, 0.6) is 0 Å². The number of amides is 1. The first-order valence-corrected chi connectivity index (χ1v) is 15.4. The zero-order chi connectivity index (χ0) is 30.8. The van der Waals surface area contributed by atoms with Gasteiger partial charge in [0.25, 0.3) is 5.92 Å². The highest BCUT2D eigenvalue weighted by Gasteiger charge is 2.51. The Hall–Kier alpha value is -3.48. The van der Waals surface area contributed by atoms with Gasteiger partial charge in [-0.15, -0.1) is 0 Å². The molecule has 1 amide bonds. The van der Waals surface area contributed by atoms with Crippen molar-refractivity contribution >= 4 is 46.3 Å². The number of hydrogen-bond acceptors (Lipinski definition) is 8. The van der Waals surface area contributed by atoms with E-state index in [2.05, 4.69) is 20.6 Å². The number of benzene rings is 1. The average Bonchev–Trinajstić information content (AvgIpc) is 3.78. The van der Waals surface area contributed by atoms with Crippen LogP contribution in [0.2, 0.25) is 5.02 Å². The van der Waals surface area contributed by atoms with Gasteiger partial charge in [0.2, 0.25) is 11.9 Å². The average molecular weight is 636 g/mol. The second kappa shape index (κ2) is 10.8. The Kier molecular flexibility index (Phi) is 7.21. The van der Waals surface area contributed by atoms with Crippen molar-refractivity contribution in [3.8, 4) is 0 Å². The number of carbonyl (C=O) groups is 1. The summed E-state index contributed by atoms with van der Waals surface area (Å²) < 4.78 is 65.3. The third kappa shape index (κ3) is 5.48. The molecule has 1 aliphatic carbocycles. The number of fused-ring (bicyclic) bond motifs is 2. The summed E-state index contributed by atoms with van der Waals surface area (Å²) in [5.41, 5.74) is 2.72. The van der Waals surface area contributed by atoms with Crippen LogP contribution in [-0.4, -0.2) is 85.0 Å². The van der Waals surface area contributed by atoms with E-state index in [1.54, 1.807) is 9.80 Å². The van der Waals surface area contributed by atoms with Gasteiger partial charge in [-0.25, -0.2) is 22.5 Å². The minimum absolute atomic E-state index is 0.0308. The van der Waals surface area contributed by atoms with Crippen LogP contribution in [0, 0.1) is 11.8 Å². The third-order valence-electron chi connectivity index (χ3n) is 9.28. The molecule has 2 saturated heterocycles. The SMILES string of the molecule is CN1CC2=C(N[C@@H](C3CC3)C(F)(F)CO2)c2cc(Nc3nc(N4CCC(F)(F)C(CC(=O)N5CCC5)C4)ncc3Cl)ccc21. The summed E-state index contributed by atoms with van der Waals surface area (Å²) in [4.78, 5) is 26.6. The lowest BCUT2D eigenvalue weighted by molar-refractivity contribution is -0.141. The quantitative estimate of drug-likeness (QED) is 0.424. The van der Waals surface area contributed by atoms with Crippen LogP contribution in [-0.2, 0) is 9.53 Å². The molecule has 4 aliphatic heterocycles. The number of carbonyl (C=O) groups excluding carboxylic acids is 1. The molecule has 14 heteroatoms. The van der Waals surface area contributed by atoms with Crippen molar-refractivity contribution in [1.29, 1.82) is 0 Å². The van der Waals surface area contributed by atoms with Gasteiger partial charge in [0.1, 0.15) is 10.8 Å². The molecule has 236 valence electrons. The van der Waals surface area contributed by atoms with Crippen molar-refractivity contribution in [2.24, 2.45) is 11.8 Å². The van der Waals surface area contributed by atoms with E-state index in [0.717, 1.165) is 24.9 Å². The van der Waals surface area contributed by atoms with Crippen LogP contribution in [0.1, 0.15) is 37.7 Å². The number of likely N-dealkylation sites (tertiary alicyclic amines) is 1. The summed E-state index contributed by atoms with van der Waals surface area (Å²) in [6.45, 7) is 0.887. The Morgan fingerprint density at radius 1 is 1.18 bits per heavy atom. The van der Waals surface area contributed by atoms with E-state index in [4.69, 9.17) is 16.3 Å². The highest BCUT2D eigenvalue weighted by Crippen LogP contribution is 2.45. The Morgan fingerprint density at radius 3 is 2.70 bits per heavy atom. The number of ether oxygens (including phenoxy) is 1. The van der Waals surface area contributed by atoms with E-state index in [1.165, 1.54) is 6.20 Å². The fraction of sp³-hybridized carbons (Fsp3) is 0.567. The van der Waals surface area contributed by atoms with Crippen molar-refractivity contribution in [2.75, 3.05) is 61.5 Å². The first-order valence-electron chi connectivity index (χ1n) is 15.0. The first-order chi connectivity index (χ1) is 21.0. The molecule has 1 saturated carbocycles. The molecule has 7 rings (SSSR count). The fourth-order valence-corrected chi connectivity index (χ4v) is 6.53. The van der Waals surface area contributed by atoms with E-state index in [1.807, 2.05) is 30.1 Å². The number of hydrogen-bond donors (Lipinski definition) is 2. The number of anilines is 4. The van der Waals surface area contributed by atoms with Crippen molar-refractivity contribution in [2.45, 2.75) is 50.0 Å². The molecule has 0 spiro atoms. The molecule has 9 nitrogen and oxygen atoms in total. The number of alkyl halides is 4. The van der Waals surface area contributed by atoms with Gasteiger partial charge in [-0.1, -0.05) is 11.6 Å². The summed E-state index contributed by atoms with van der Waals surface area (Å²) in [5, 5.41) is 6.57. The van der Waals surface area contributed by atoms with Crippen molar-refractivity contribution in [3.63, 3.8) is 0 Å². The Bertz CT molecular complexity index is 1500. The monoisotopic (exact) mass is 635 g/mol. The molecule has 2 N–H and O–H groups in total. The second-order valence-electron chi connectivity index (χ2n) is 12.5. The lowest BCUT2D eigenvalue weighted by atomic mass is 9.90. The van der Waals surface area contributed by atoms with E-state index < -0.39 is 36.8 Å². The second-order valence-corrected chi connectivity index (χ2v) is 12.9. The summed E-state index contributed by atoms with van der Waals surface area (Å²) in [5.74, 6) is -6.51. The number of nitrogens with zero attached hydrogens (tertiary/aromatic N) is 5. The smallest absolute Gasteiger partial charge is 0.301 e. The van der Waals surface area contributed by atoms with Gasteiger partial charge in [-0.3, -0.25) is 4.79 Å². The molecule has 5 aliphatic rings. The molecule has 5 heterocycles. The molecule has 1 aromatic heterocycles. The number of aromatic nitrogens is 2. The molecule has 2 aromatic rings. The van der Waals surface area contributed by atoms with Crippen molar-refractivity contribution in [3.05, 3.63) is 40.7 Å². The number of piperidine rings is 1. The maximum Gasteiger partial charge on any atom is 0.301 e. The zero-order valence-corrected chi connectivity index (χ0v) is 25.0. The lowest BCUT2D eigenvalue weighted by Gasteiger charge is -2.40. The molecule has 1 aromatic carbocycles. The zero-order valence-electron chi connectivity index (χ0n) is 24.3. The summed E-state index contributed by atoms with van der Waals surface area (Å²) in [7, 11) is 1.88. The molecular weight excluding hydrogens is 602 g/mol. The van der Waals surface area contributed by atoms with E-state index >= 15 is 0 Å². The van der Waals surface area contributed by atoms with Gasteiger partial charge in [0, 0.05) is 68.9 Å². The van der Waals surface area contributed by atoms with Crippen LogP contribution < -0.4 is 20.4 Å². The number of nitrogens with one attached hydrogen (secondary N) is 2. The molecule has 1 unspecified atom stereocenters. The largest absolute Gasteiger partial charge is 0.487 e.